The average molecular weight is 310 g/mol. The van der Waals surface area contributed by atoms with Gasteiger partial charge in [-0.1, -0.05) is 30.3 Å². The van der Waals surface area contributed by atoms with E-state index >= 15 is 0 Å². The number of halogens is 1. The number of aliphatic hydroxyl groups is 1. The zero-order chi connectivity index (χ0) is 12.8. The summed E-state index contributed by atoms with van der Waals surface area (Å²) in [5, 5.41) is 12.7. The van der Waals surface area contributed by atoms with Gasteiger partial charge in [0.25, 0.3) is 0 Å². The molecular formula is C14H16BrNO2. The first kappa shape index (κ1) is 13.3. The van der Waals surface area contributed by atoms with Gasteiger partial charge in [0.2, 0.25) is 0 Å². The smallest absolute Gasteiger partial charge is 0.169 e. The van der Waals surface area contributed by atoms with Crippen LogP contribution in [0.15, 0.2) is 51.6 Å². The molecule has 2 rings (SSSR count). The largest absolute Gasteiger partial charge is 0.453 e. The van der Waals surface area contributed by atoms with E-state index in [1.807, 2.05) is 30.3 Å². The van der Waals surface area contributed by atoms with Crippen LogP contribution in [0.1, 0.15) is 11.3 Å². The molecule has 96 valence electrons. The van der Waals surface area contributed by atoms with E-state index < -0.39 is 0 Å². The van der Waals surface area contributed by atoms with Gasteiger partial charge in [-0.25, -0.2) is 0 Å². The van der Waals surface area contributed by atoms with Crippen LogP contribution in [0, 0.1) is 0 Å². The maximum atomic E-state index is 9.37. The van der Waals surface area contributed by atoms with Crippen molar-refractivity contribution < 1.29 is 9.52 Å². The first-order valence-corrected chi connectivity index (χ1v) is 6.69. The van der Waals surface area contributed by atoms with Crippen LogP contribution in [0.25, 0.3) is 0 Å². The number of rotatable bonds is 6. The highest BCUT2D eigenvalue weighted by Gasteiger charge is 2.09. The van der Waals surface area contributed by atoms with Crippen molar-refractivity contribution in [2.24, 2.45) is 0 Å². The summed E-state index contributed by atoms with van der Waals surface area (Å²) in [5.41, 5.74) is 1.21. The highest BCUT2D eigenvalue weighted by molar-refractivity contribution is 9.10. The molecule has 0 spiro atoms. The predicted octanol–water partition coefficient (Wildman–Crippen LogP) is 2.74. The number of hydrogen-bond donors (Lipinski definition) is 2. The Morgan fingerprint density at radius 2 is 1.94 bits per heavy atom. The Hall–Kier alpha value is -1.10. The lowest BCUT2D eigenvalue weighted by molar-refractivity contribution is 0.238. The molecular weight excluding hydrogens is 294 g/mol. The Labute approximate surface area is 115 Å². The van der Waals surface area contributed by atoms with Crippen molar-refractivity contribution in [3.8, 4) is 0 Å². The lowest BCUT2D eigenvalue weighted by Crippen LogP contribution is -2.33. The first-order valence-electron chi connectivity index (χ1n) is 5.90. The Bertz CT molecular complexity index is 470. The van der Waals surface area contributed by atoms with E-state index in [9.17, 15) is 5.11 Å². The van der Waals surface area contributed by atoms with Gasteiger partial charge < -0.3 is 14.8 Å². The number of hydrogen-bond acceptors (Lipinski definition) is 3. The molecule has 3 nitrogen and oxygen atoms in total. The fourth-order valence-electron chi connectivity index (χ4n) is 1.79. The van der Waals surface area contributed by atoms with Gasteiger partial charge in [0.15, 0.2) is 4.67 Å². The minimum Gasteiger partial charge on any atom is -0.453 e. The molecule has 2 aromatic rings. The number of furan rings is 1. The molecule has 0 unspecified atom stereocenters. The normalized spacial score (nSPS) is 12.6. The Morgan fingerprint density at radius 1 is 1.17 bits per heavy atom. The second kappa shape index (κ2) is 6.73. The maximum absolute atomic E-state index is 9.37. The molecule has 1 atom stereocenters. The van der Waals surface area contributed by atoms with Gasteiger partial charge in [0, 0.05) is 6.04 Å². The summed E-state index contributed by atoms with van der Waals surface area (Å²) >= 11 is 3.27. The van der Waals surface area contributed by atoms with E-state index in [-0.39, 0.29) is 12.6 Å². The molecule has 1 aromatic carbocycles. The van der Waals surface area contributed by atoms with Crippen LogP contribution in [-0.2, 0) is 13.0 Å². The van der Waals surface area contributed by atoms with E-state index in [4.69, 9.17) is 4.42 Å². The highest BCUT2D eigenvalue weighted by Crippen LogP contribution is 2.14. The number of nitrogens with one attached hydrogen (secondary N) is 1. The molecule has 0 radical (unpaired) electrons. The third-order valence-corrected chi connectivity index (χ3v) is 3.17. The summed E-state index contributed by atoms with van der Waals surface area (Å²) in [6.45, 7) is 0.723. The molecule has 0 amide bonds. The molecule has 1 aromatic heterocycles. The molecule has 0 bridgehead atoms. The van der Waals surface area contributed by atoms with Crippen molar-refractivity contribution in [3.05, 3.63) is 58.5 Å². The Kier molecular flexibility index (Phi) is 4.99. The van der Waals surface area contributed by atoms with Crippen molar-refractivity contribution >= 4 is 15.9 Å². The summed E-state index contributed by atoms with van der Waals surface area (Å²) in [6.07, 6.45) is 0.805. The SMILES string of the molecule is OC[C@H](Cc1ccccc1)NCc1ccc(Br)o1. The molecule has 1 heterocycles. The van der Waals surface area contributed by atoms with E-state index in [0.29, 0.717) is 6.54 Å². The summed E-state index contributed by atoms with van der Waals surface area (Å²) in [7, 11) is 0. The minimum absolute atomic E-state index is 0.0382. The van der Waals surface area contributed by atoms with Crippen LogP contribution in [0.2, 0.25) is 0 Å². The summed E-state index contributed by atoms with van der Waals surface area (Å²) in [6, 6.07) is 13.9. The summed E-state index contributed by atoms with van der Waals surface area (Å²) < 4.78 is 6.13. The molecule has 0 aliphatic carbocycles. The van der Waals surface area contributed by atoms with E-state index in [1.165, 1.54) is 5.56 Å². The van der Waals surface area contributed by atoms with Gasteiger partial charge in [-0.05, 0) is 40.0 Å². The van der Waals surface area contributed by atoms with Crippen molar-refractivity contribution in [2.75, 3.05) is 6.61 Å². The van der Waals surface area contributed by atoms with Crippen LogP contribution < -0.4 is 5.32 Å². The van der Waals surface area contributed by atoms with Gasteiger partial charge in [-0.3, -0.25) is 0 Å². The standard InChI is InChI=1S/C14H16BrNO2/c15-14-7-6-13(18-14)9-16-12(10-17)8-11-4-2-1-3-5-11/h1-7,12,16-17H,8-10H2/t12-/m0/s1. The van der Waals surface area contributed by atoms with Crippen molar-refractivity contribution in [1.82, 2.24) is 5.32 Å². The van der Waals surface area contributed by atoms with Crippen LogP contribution in [0.4, 0.5) is 0 Å². The zero-order valence-corrected chi connectivity index (χ0v) is 11.6. The van der Waals surface area contributed by atoms with Gasteiger partial charge in [0.05, 0.1) is 13.2 Å². The van der Waals surface area contributed by atoms with Gasteiger partial charge >= 0.3 is 0 Å². The second-order valence-electron chi connectivity index (χ2n) is 4.16. The van der Waals surface area contributed by atoms with Gasteiger partial charge in [-0.2, -0.15) is 0 Å². The maximum Gasteiger partial charge on any atom is 0.169 e. The fourth-order valence-corrected chi connectivity index (χ4v) is 2.13. The van der Waals surface area contributed by atoms with Crippen molar-refractivity contribution in [1.29, 1.82) is 0 Å². The van der Waals surface area contributed by atoms with E-state index in [2.05, 4.69) is 33.4 Å². The molecule has 0 aliphatic rings. The second-order valence-corrected chi connectivity index (χ2v) is 4.94. The van der Waals surface area contributed by atoms with E-state index in [0.717, 1.165) is 16.9 Å². The van der Waals surface area contributed by atoms with Crippen molar-refractivity contribution in [3.63, 3.8) is 0 Å². The topological polar surface area (TPSA) is 45.4 Å². The Morgan fingerprint density at radius 3 is 2.56 bits per heavy atom. The van der Waals surface area contributed by atoms with Crippen LogP contribution in [-0.4, -0.2) is 17.8 Å². The fraction of sp³-hybridized carbons (Fsp3) is 0.286. The molecule has 0 saturated carbocycles. The average Bonchev–Trinajstić information content (AvgIpc) is 2.81. The van der Waals surface area contributed by atoms with Gasteiger partial charge in [-0.15, -0.1) is 0 Å². The molecule has 0 aliphatic heterocycles. The molecule has 4 heteroatoms. The van der Waals surface area contributed by atoms with E-state index in [1.54, 1.807) is 0 Å². The number of aliphatic hydroxyl groups excluding tert-OH is 1. The molecule has 18 heavy (non-hydrogen) atoms. The van der Waals surface area contributed by atoms with Crippen LogP contribution in [0.5, 0.6) is 0 Å². The predicted molar refractivity (Wildman–Crippen MR) is 74.3 cm³/mol. The van der Waals surface area contributed by atoms with Crippen LogP contribution in [0.3, 0.4) is 0 Å². The summed E-state index contributed by atoms with van der Waals surface area (Å²) in [5.74, 6) is 0.855. The molecule has 0 saturated heterocycles. The lowest BCUT2D eigenvalue weighted by atomic mass is 10.1. The third kappa shape index (κ3) is 3.98. The van der Waals surface area contributed by atoms with Crippen molar-refractivity contribution in [2.45, 2.75) is 19.0 Å². The number of benzene rings is 1. The zero-order valence-electron chi connectivity index (χ0n) is 9.97. The molecule has 0 fully saturated rings. The molecule has 2 N–H and O–H groups in total. The summed E-state index contributed by atoms with van der Waals surface area (Å²) in [4.78, 5) is 0. The lowest BCUT2D eigenvalue weighted by Gasteiger charge is -2.15. The Balaban J connectivity index is 1.86. The third-order valence-electron chi connectivity index (χ3n) is 2.74. The van der Waals surface area contributed by atoms with Gasteiger partial charge in [0.1, 0.15) is 5.76 Å². The monoisotopic (exact) mass is 309 g/mol. The van der Waals surface area contributed by atoms with Crippen LogP contribution >= 0.6 is 15.9 Å². The first-order chi connectivity index (χ1) is 8.78. The quantitative estimate of drug-likeness (QED) is 0.862. The minimum atomic E-state index is 0.0382. The highest BCUT2D eigenvalue weighted by atomic mass is 79.9.